The number of methoxy groups -OCH3 is 1. The van der Waals surface area contributed by atoms with Crippen LogP contribution in [0.25, 0.3) is 10.9 Å². The normalized spacial score (nSPS) is 15.5. The summed E-state index contributed by atoms with van der Waals surface area (Å²) in [5, 5.41) is 0.821. The number of carbonyl (C=O) groups excluding carboxylic acids is 1. The van der Waals surface area contributed by atoms with Gasteiger partial charge in [-0.1, -0.05) is 6.07 Å². The second kappa shape index (κ2) is 8.02. The lowest BCUT2D eigenvalue weighted by Crippen LogP contribution is -2.48. The molecule has 1 aromatic heterocycles. The largest absolute Gasteiger partial charge is 0.497 e. The van der Waals surface area contributed by atoms with Crippen molar-refractivity contribution < 1.29 is 22.7 Å². The predicted octanol–water partition coefficient (Wildman–Crippen LogP) is 4.20. The van der Waals surface area contributed by atoms with Crippen molar-refractivity contribution in [1.82, 2.24) is 9.88 Å². The number of ketones is 1. The molecule has 5 nitrogen and oxygen atoms in total. The molecule has 3 aromatic rings. The Morgan fingerprint density at radius 2 is 1.87 bits per heavy atom. The maximum absolute atomic E-state index is 13.0. The van der Waals surface area contributed by atoms with Crippen LogP contribution in [0.1, 0.15) is 15.9 Å². The van der Waals surface area contributed by atoms with Gasteiger partial charge in [-0.15, -0.1) is 0 Å². The predicted molar refractivity (Wildman–Crippen MR) is 109 cm³/mol. The molecule has 0 spiro atoms. The maximum Gasteiger partial charge on any atom is 0.416 e. The first-order valence-electron chi connectivity index (χ1n) is 9.68. The van der Waals surface area contributed by atoms with Crippen LogP contribution < -0.4 is 9.64 Å². The van der Waals surface area contributed by atoms with E-state index in [9.17, 15) is 18.0 Å². The third-order valence-corrected chi connectivity index (χ3v) is 5.47. The lowest BCUT2D eigenvalue weighted by atomic mass is 10.1. The first kappa shape index (κ1) is 20.3. The van der Waals surface area contributed by atoms with Crippen LogP contribution in [0.4, 0.5) is 18.9 Å². The number of nitrogens with one attached hydrogen (secondary N) is 1. The van der Waals surface area contributed by atoms with E-state index in [1.807, 2.05) is 28.0 Å². The van der Waals surface area contributed by atoms with Crippen molar-refractivity contribution in [2.24, 2.45) is 0 Å². The molecule has 1 aliphatic rings. The Hall–Kier alpha value is -3.00. The standard InChI is InChI=1S/C22H22F3N3O2/c1-30-17-5-6-20-18(12-17)19(13-26-20)21(29)14-27-7-9-28(10-8-27)16-4-2-3-15(11-16)22(23,24)25/h2-6,11-13,26H,7-10,14H2,1H3. The van der Waals surface area contributed by atoms with E-state index in [-0.39, 0.29) is 12.3 Å². The average Bonchev–Trinajstić information content (AvgIpc) is 3.17. The fourth-order valence-corrected chi connectivity index (χ4v) is 3.79. The number of piperazine rings is 1. The Balaban J connectivity index is 1.40. The minimum Gasteiger partial charge on any atom is -0.497 e. The molecule has 1 fully saturated rings. The summed E-state index contributed by atoms with van der Waals surface area (Å²) in [6.45, 7) is 2.61. The fourth-order valence-electron chi connectivity index (χ4n) is 3.79. The number of rotatable bonds is 5. The van der Waals surface area contributed by atoms with E-state index in [1.54, 1.807) is 19.4 Å². The van der Waals surface area contributed by atoms with Gasteiger partial charge < -0.3 is 14.6 Å². The number of halogens is 3. The van der Waals surface area contributed by atoms with Crippen LogP contribution in [-0.2, 0) is 6.18 Å². The molecular weight excluding hydrogens is 395 g/mol. The van der Waals surface area contributed by atoms with Crippen molar-refractivity contribution in [3.05, 3.63) is 59.8 Å². The molecule has 158 valence electrons. The zero-order valence-corrected chi connectivity index (χ0v) is 16.5. The van der Waals surface area contributed by atoms with E-state index in [4.69, 9.17) is 4.74 Å². The van der Waals surface area contributed by atoms with E-state index >= 15 is 0 Å². The van der Waals surface area contributed by atoms with Gasteiger partial charge in [0, 0.05) is 54.5 Å². The third-order valence-electron chi connectivity index (χ3n) is 5.47. The van der Waals surface area contributed by atoms with Gasteiger partial charge in [-0.05, 0) is 36.4 Å². The van der Waals surface area contributed by atoms with Crippen molar-refractivity contribution in [3.63, 3.8) is 0 Å². The highest BCUT2D eigenvalue weighted by atomic mass is 19.4. The molecule has 4 rings (SSSR count). The highest BCUT2D eigenvalue weighted by molar-refractivity contribution is 6.09. The number of ether oxygens (including phenoxy) is 1. The number of fused-ring (bicyclic) bond motifs is 1. The molecule has 0 bridgehead atoms. The number of hydrogen-bond acceptors (Lipinski definition) is 4. The fraction of sp³-hybridized carbons (Fsp3) is 0.318. The molecule has 0 aliphatic carbocycles. The summed E-state index contributed by atoms with van der Waals surface area (Å²) in [6.07, 6.45) is -2.64. The van der Waals surface area contributed by atoms with Crippen LogP contribution in [-0.4, -0.2) is 55.5 Å². The van der Waals surface area contributed by atoms with Gasteiger partial charge in [0.25, 0.3) is 0 Å². The van der Waals surface area contributed by atoms with Crippen molar-refractivity contribution in [3.8, 4) is 5.75 Å². The minimum atomic E-state index is -4.35. The first-order chi connectivity index (χ1) is 14.3. The van der Waals surface area contributed by atoms with Gasteiger partial charge in [-0.3, -0.25) is 9.69 Å². The van der Waals surface area contributed by atoms with Crippen LogP contribution in [0, 0.1) is 0 Å². The molecule has 1 aliphatic heterocycles. The monoisotopic (exact) mass is 417 g/mol. The number of carbonyl (C=O) groups is 1. The number of nitrogens with zero attached hydrogens (tertiary/aromatic N) is 2. The molecule has 8 heteroatoms. The Morgan fingerprint density at radius 1 is 1.10 bits per heavy atom. The van der Waals surface area contributed by atoms with E-state index in [1.165, 1.54) is 12.1 Å². The van der Waals surface area contributed by atoms with E-state index in [0.717, 1.165) is 17.0 Å². The zero-order valence-electron chi connectivity index (χ0n) is 16.5. The van der Waals surface area contributed by atoms with Crippen LogP contribution in [0.3, 0.4) is 0 Å². The Labute approximate surface area is 172 Å². The van der Waals surface area contributed by atoms with Crippen LogP contribution in [0.15, 0.2) is 48.7 Å². The van der Waals surface area contributed by atoms with Gasteiger partial charge in [-0.25, -0.2) is 0 Å². The molecule has 1 N–H and O–H groups in total. The van der Waals surface area contributed by atoms with Crippen molar-refractivity contribution in [2.45, 2.75) is 6.18 Å². The van der Waals surface area contributed by atoms with Crippen LogP contribution in [0.5, 0.6) is 5.75 Å². The molecule has 0 unspecified atom stereocenters. The highest BCUT2D eigenvalue weighted by Gasteiger charge is 2.31. The van der Waals surface area contributed by atoms with Gasteiger partial charge in [0.15, 0.2) is 5.78 Å². The minimum absolute atomic E-state index is 0.00187. The van der Waals surface area contributed by atoms with E-state index in [2.05, 4.69) is 4.98 Å². The summed E-state index contributed by atoms with van der Waals surface area (Å²) in [5.41, 5.74) is 1.39. The van der Waals surface area contributed by atoms with Gasteiger partial charge >= 0.3 is 6.18 Å². The van der Waals surface area contributed by atoms with Gasteiger partial charge in [0.1, 0.15) is 5.75 Å². The number of alkyl halides is 3. The number of hydrogen-bond donors (Lipinski definition) is 1. The number of aromatic amines is 1. The third kappa shape index (κ3) is 4.14. The Kier molecular flexibility index (Phi) is 5.42. The Morgan fingerprint density at radius 3 is 2.57 bits per heavy atom. The molecule has 2 heterocycles. The van der Waals surface area contributed by atoms with Crippen LogP contribution in [0.2, 0.25) is 0 Å². The SMILES string of the molecule is COc1ccc2[nH]cc(C(=O)CN3CCN(c4cccc(C(F)(F)F)c4)CC3)c2c1. The van der Waals surface area contributed by atoms with Crippen molar-refractivity contribution >= 4 is 22.4 Å². The molecule has 0 amide bonds. The zero-order chi connectivity index (χ0) is 21.3. The summed E-state index contributed by atoms with van der Waals surface area (Å²) >= 11 is 0. The van der Waals surface area contributed by atoms with Crippen molar-refractivity contribution in [2.75, 3.05) is 44.7 Å². The summed E-state index contributed by atoms with van der Waals surface area (Å²) < 4.78 is 44.1. The molecule has 1 saturated heterocycles. The molecule has 0 atom stereocenters. The second-order valence-electron chi connectivity index (χ2n) is 7.35. The molecule has 0 radical (unpaired) electrons. The molecule has 2 aromatic carbocycles. The molecular formula is C22H22F3N3O2. The Bertz CT molecular complexity index is 1050. The number of aromatic nitrogens is 1. The van der Waals surface area contributed by atoms with Gasteiger partial charge in [-0.2, -0.15) is 13.2 Å². The second-order valence-corrected chi connectivity index (χ2v) is 7.35. The van der Waals surface area contributed by atoms with Gasteiger partial charge in [0.2, 0.25) is 0 Å². The van der Waals surface area contributed by atoms with E-state index < -0.39 is 11.7 Å². The number of benzene rings is 2. The molecule has 30 heavy (non-hydrogen) atoms. The summed E-state index contributed by atoms with van der Waals surface area (Å²) in [4.78, 5) is 19.9. The smallest absolute Gasteiger partial charge is 0.416 e. The number of anilines is 1. The van der Waals surface area contributed by atoms with E-state index in [0.29, 0.717) is 43.2 Å². The highest BCUT2D eigenvalue weighted by Crippen LogP contribution is 2.32. The molecule has 0 saturated carbocycles. The maximum atomic E-state index is 13.0. The van der Waals surface area contributed by atoms with Gasteiger partial charge in [0.05, 0.1) is 19.2 Å². The number of H-pyrrole nitrogens is 1. The van der Waals surface area contributed by atoms with Crippen LogP contribution >= 0.6 is 0 Å². The first-order valence-corrected chi connectivity index (χ1v) is 9.68. The summed E-state index contributed by atoms with van der Waals surface area (Å²) in [6, 6.07) is 10.9. The number of Topliss-reactive ketones (excluding diaryl/α,β-unsaturated/α-hetero) is 1. The topological polar surface area (TPSA) is 48.6 Å². The summed E-state index contributed by atoms with van der Waals surface area (Å²) in [7, 11) is 1.58. The van der Waals surface area contributed by atoms with Crippen molar-refractivity contribution in [1.29, 1.82) is 0 Å². The quantitative estimate of drug-likeness (QED) is 0.632. The lowest BCUT2D eigenvalue weighted by Gasteiger charge is -2.36. The average molecular weight is 417 g/mol. The summed E-state index contributed by atoms with van der Waals surface area (Å²) in [5.74, 6) is 0.688. The lowest BCUT2D eigenvalue weighted by molar-refractivity contribution is -0.137.